The molecule has 0 spiro atoms. The summed E-state index contributed by atoms with van der Waals surface area (Å²) in [7, 11) is 0. The molecule has 1 saturated heterocycles. The lowest BCUT2D eigenvalue weighted by Gasteiger charge is -2.42. The number of aryl methyl sites for hydroxylation is 2. The fraction of sp³-hybridized carbons (Fsp3) is 0.667. The third kappa shape index (κ3) is 3.07. The van der Waals surface area contributed by atoms with Crippen LogP contribution in [0.4, 0.5) is 0 Å². The molecule has 112 valence electrons. The second kappa shape index (κ2) is 5.87. The molecule has 1 aromatic carbocycles. The molecule has 20 heavy (non-hydrogen) atoms. The minimum absolute atomic E-state index is 0.234. The van der Waals surface area contributed by atoms with E-state index in [0.717, 1.165) is 32.6 Å². The number of nitrogens with one attached hydrogen (secondary N) is 1. The number of hydrogen-bond donors (Lipinski definition) is 1. The Balaban J connectivity index is 2.28. The molecule has 0 unspecified atom stereocenters. The van der Waals surface area contributed by atoms with Gasteiger partial charge in [-0.25, -0.2) is 0 Å². The van der Waals surface area contributed by atoms with Crippen molar-refractivity contribution in [2.45, 2.75) is 53.5 Å². The van der Waals surface area contributed by atoms with E-state index < -0.39 is 0 Å². The van der Waals surface area contributed by atoms with Gasteiger partial charge in [0.05, 0.1) is 0 Å². The maximum absolute atomic E-state index is 3.45. The minimum Gasteiger partial charge on any atom is -0.314 e. The Bertz CT molecular complexity index is 456. The van der Waals surface area contributed by atoms with Gasteiger partial charge >= 0.3 is 0 Å². The molecule has 0 bridgehead atoms. The average Bonchev–Trinajstić information content (AvgIpc) is 2.42. The lowest BCUT2D eigenvalue weighted by molar-refractivity contribution is 0.103. The molecular weight excluding hydrogens is 244 g/mol. The number of benzene rings is 1. The van der Waals surface area contributed by atoms with Crippen LogP contribution in [0, 0.1) is 27.7 Å². The van der Waals surface area contributed by atoms with Crippen LogP contribution in [0.5, 0.6) is 0 Å². The highest BCUT2D eigenvalue weighted by Crippen LogP contribution is 2.28. The van der Waals surface area contributed by atoms with Crippen LogP contribution in [-0.2, 0) is 6.42 Å². The van der Waals surface area contributed by atoms with Gasteiger partial charge in [0.25, 0.3) is 0 Å². The Morgan fingerprint density at radius 1 is 1.00 bits per heavy atom. The molecular formula is C18H30N2. The van der Waals surface area contributed by atoms with E-state index in [1.165, 1.54) is 22.3 Å². The van der Waals surface area contributed by atoms with Crippen LogP contribution in [0.15, 0.2) is 6.07 Å². The van der Waals surface area contributed by atoms with E-state index in [2.05, 4.69) is 57.8 Å². The maximum atomic E-state index is 3.45. The van der Waals surface area contributed by atoms with Crippen LogP contribution in [0.2, 0.25) is 0 Å². The van der Waals surface area contributed by atoms with Crippen molar-refractivity contribution in [1.29, 1.82) is 0 Å². The van der Waals surface area contributed by atoms with Crippen molar-refractivity contribution in [3.63, 3.8) is 0 Å². The van der Waals surface area contributed by atoms with E-state index in [0.29, 0.717) is 0 Å². The lowest BCUT2D eigenvalue weighted by atomic mass is 9.85. The monoisotopic (exact) mass is 274 g/mol. The zero-order valence-electron chi connectivity index (χ0n) is 14.1. The fourth-order valence-corrected chi connectivity index (χ4v) is 3.38. The molecule has 1 aliphatic heterocycles. The van der Waals surface area contributed by atoms with E-state index >= 15 is 0 Å². The van der Waals surface area contributed by atoms with Crippen molar-refractivity contribution < 1.29 is 0 Å². The summed E-state index contributed by atoms with van der Waals surface area (Å²) in [4.78, 5) is 2.64. The summed E-state index contributed by atoms with van der Waals surface area (Å²) in [6.07, 6.45) is 1.15. The normalized spacial score (nSPS) is 17.5. The van der Waals surface area contributed by atoms with E-state index in [1.807, 2.05) is 0 Å². The van der Waals surface area contributed by atoms with E-state index in [1.54, 1.807) is 5.56 Å². The maximum Gasteiger partial charge on any atom is 0.0194 e. The average molecular weight is 274 g/mol. The van der Waals surface area contributed by atoms with Crippen LogP contribution >= 0.6 is 0 Å². The molecule has 2 nitrogen and oxygen atoms in total. The summed E-state index contributed by atoms with van der Waals surface area (Å²) in [5, 5.41) is 3.45. The van der Waals surface area contributed by atoms with Crippen molar-refractivity contribution in [2.75, 3.05) is 26.2 Å². The van der Waals surface area contributed by atoms with E-state index in [9.17, 15) is 0 Å². The topological polar surface area (TPSA) is 15.3 Å². The van der Waals surface area contributed by atoms with Crippen molar-refractivity contribution in [3.05, 3.63) is 33.9 Å². The van der Waals surface area contributed by atoms with Crippen LogP contribution < -0.4 is 5.32 Å². The zero-order chi connectivity index (χ0) is 14.9. The molecule has 0 aliphatic carbocycles. The van der Waals surface area contributed by atoms with Crippen molar-refractivity contribution in [3.8, 4) is 0 Å². The number of piperazine rings is 1. The Hall–Kier alpha value is -0.860. The highest BCUT2D eigenvalue weighted by molar-refractivity contribution is 5.44. The highest BCUT2D eigenvalue weighted by Gasteiger charge is 2.29. The van der Waals surface area contributed by atoms with Gasteiger partial charge in [-0.1, -0.05) is 6.07 Å². The summed E-state index contributed by atoms with van der Waals surface area (Å²) in [5.41, 5.74) is 7.62. The van der Waals surface area contributed by atoms with Crippen molar-refractivity contribution >= 4 is 0 Å². The lowest BCUT2D eigenvalue weighted by Crippen LogP contribution is -2.54. The molecule has 1 fully saturated rings. The van der Waals surface area contributed by atoms with Crippen molar-refractivity contribution in [1.82, 2.24) is 10.2 Å². The Labute approximate surface area is 124 Å². The predicted molar refractivity (Wildman–Crippen MR) is 87.6 cm³/mol. The van der Waals surface area contributed by atoms with Crippen LogP contribution in [0.1, 0.15) is 41.7 Å². The van der Waals surface area contributed by atoms with Gasteiger partial charge < -0.3 is 5.32 Å². The van der Waals surface area contributed by atoms with Gasteiger partial charge in [0.1, 0.15) is 0 Å². The number of nitrogens with zero attached hydrogens (tertiary/aromatic N) is 1. The smallest absolute Gasteiger partial charge is 0.0194 e. The summed E-state index contributed by atoms with van der Waals surface area (Å²) in [6.45, 7) is 18.4. The molecule has 1 heterocycles. The number of rotatable bonds is 3. The van der Waals surface area contributed by atoms with Crippen LogP contribution in [0.25, 0.3) is 0 Å². The third-order valence-corrected chi connectivity index (χ3v) is 5.10. The highest BCUT2D eigenvalue weighted by atomic mass is 15.2. The first-order valence-electron chi connectivity index (χ1n) is 7.85. The van der Waals surface area contributed by atoms with Gasteiger partial charge in [0, 0.05) is 31.7 Å². The molecule has 0 radical (unpaired) electrons. The second-order valence-corrected chi connectivity index (χ2v) is 6.97. The van der Waals surface area contributed by atoms with E-state index in [4.69, 9.17) is 0 Å². The molecule has 0 aromatic heterocycles. The molecule has 0 amide bonds. The molecule has 1 aromatic rings. The summed E-state index contributed by atoms with van der Waals surface area (Å²) < 4.78 is 0. The van der Waals surface area contributed by atoms with Gasteiger partial charge in [-0.05, 0) is 75.8 Å². The SMILES string of the molecule is Cc1cc(C)c(C)c(CC(C)(C)N2CCNCC2)c1C. The summed E-state index contributed by atoms with van der Waals surface area (Å²) >= 11 is 0. The largest absolute Gasteiger partial charge is 0.314 e. The van der Waals surface area contributed by atoms with Gasteiger partial charge in [0.15, 0.2) is 0 Å². The Morgan fingerprint density at radius 3 is 2.00 bits per heavy atom. The third-order valence-electron chi connectivity index (χ3n) is 5.10. The first-order valence-corrected chi connectivity index (χ1v) is 7.85. The Kier molecular flexibility index (Phi) is 4.55. The molecule has 1 aliphatic rings. The standard InChI is InChI=1S/C18H30N2/c1-13-11-14(2)16(4)17(15(13)3)12-18(5,6)20-9-7-19-8-10-20/h11,19H,7-10,12H2,1-6H3. The first kappa shape index (κ1) is 15.5. The van der Waals surface area contributed by atoms with Gasteiger partial charge in [-0.15, -0.1) is 0 Å². The second-order valence-electron chi connectivity index (χ2n) is 6.97. The van der Waals surface area contributed by atoms with Gasteiger partial charge in [0.2, 0.25) is 0 Å². The molecule has 2 heteroatoms. The molecule has 2 rings (SSSR count). The summed E-state index contributed by atoms with van der Waals surface area (Å²) in [5.74, 6) is 0. The van der Waals surface area contributed by atoms with Crippen LogP contribution in [-0.4, -0.2) is 36.6 Å². The van der Waals surface area contributed by atoms with Crippen LogP contribution in [0.3, 0.4) is 0 Å². The quantitative estimate of drug-likeness (QED) is 0.911. The molecule has 1 N–H and O–H groups in total. The predicted octanol–water partition coefficient (Wildman–Crippen LogP) is 3.15. The zero-order valence-corrected chi connectivity index (χ0v) is 14.1. The molecule has 0 atom stereocenters. The van der Waals surface area contributed by atoms with Crippen molar-refractivity contribution in [2.24, 2.45) is 0 Å². The van der Waals surface area contributed by atoms with Gasteiger partial charge in [-0.2, -0.15) is 0 Å². The Morgan fingerprint density at radius 2 is 1.50 bits per heavy atom. The summed E-state index contributed by atoms with van der Waals surface area (Å²) in [6, 6.07) is 2.33. The minimum atomic E-state index is 0.234. The first-order chi connectivity index (χ1) is 9.33. The molecule has 0 saturated carbocycles. The van der Waals surface area contributed by atoms with Gasteiger partial charge in [-0.3, -0.25) is 4.90 Å². The van der Waals surface area contributed by atoms with E-state index in [-0.39, 0.29) is 5.54 Å². The fourth-order valence-electron chi connectivity index (χ4n) is 3.38. The number of hydrogen-bond acceptors (Lipinski definition) is 2.